The van der Waals surface area contributed by atoms with Crippen LogP contribution in [0.4, 0.5) is 0 Å². The normalized spacial score (nSPS) is 10.7. The average Bonchev–Trinajstić information content (AvgIpc) is 3.03. The van der Waals surface area contributed by atoms with Gasteiger partial charge in [-0.25, -0.2) is 4.99 Å². The zero-order valence-corrected chi connectivity index (χ0v) is 15.8. The van der Waals surface area contributed by atoms with Crippen molar-refractivity contribution in [2.75, 3.05) is 19.7 Å². The molecular formula is C16H22IN3OS. The molecule has 0 amide bonds. The molecule has 0 aliphatic heterocycles. The van der Waals surface area contributed by atoms with Gasteiger partial charge in [-0.2, -0.15) is 11.3 Å². The van der Waals surface area contributed by atoms with Gasteiger partial charge in [0.05, 0.1) is 13.1 Å². The zero-order chi connectivity index (χ0) is 14.8. The van der Waals surface area contributed by atoms with Gasteiger partial charge in [0, 0.05) is 6.54 Å². The number of ether oxygens (including phenoxy) is 1. The lowest BCUT2D eigenvalue weighted by molar-refractivity contribution is 0.322. The fourth-order valence-electron chi connectivity index (χ4n) is 1.75. The summed E-state index contributed by atoms with van der Waals surface area (Å²) in [4.78, 5) is 4.55. The van der Waals surface area contributed by atoms with Crippen molar-refractivity contribution in [3.05, 3.63) is 52.7 Å². The van der Waals surface area contributed by atoms with E-state index in [1.165, 1.54) is 5.56 Å². The maximum Gasteiger partial charge on any atom is 0.191 e. The predicted molar refractivity (Wildman–Crippen MR) is 104 cm³/mol. The Hall–Kier alpha value is -1.28. The van der Waals surface area contributed by atoms with Crippen LogP contribution < -0.4 is 15.4 Å². The maximum atomic E-state index is 5.64. The molecule has 0 saturated carbocycles. The first-order valence-corrected chi connectivity index (χ1v) is 8.04. The lowest BCUT2D eigenvalue weighted by Gasteiger charge is -2.11. The van der Waals surface area contributed by atoms with E-state index < -0.39 is 0 Å². The van der Waals surface area contributed by atoms with Gasteiger partial charge in [0.1, 0.15) is 12.4 Å². The molecular weight excluding hydrogens is 409 g/mol. The van der Waals surface area contributed by atoms with Gasteiger partial charge in [-0.1, -0.05) is 18.2 Å². The van der Waals surface area contributed by atoms with Gasteiger partial charge in [0.2, 0.25) is 0 Å². The van der Waals surface area contributed by atoms with Gasteiger partial charge in [0.15, 0.2) is 5.96 Å². The molecule has 0 bridgehead atoms. The van der Waals surface area contributed by atoms with Crippen LogP contribution in [0, 0.1) is 0 Å². The molecule has 6 heteroatoms. The van der Waals surface area contributed by atoms with E-state index in [0.717, 1.165) is 18.3 Å². The molecule has 4 nitrogen and oxygen atoms in total. The highest BCUT2D eigenvalue weighted by Crippen LogP contribution is 2.08. The van der Waals surface area contributed by atoms with Gasteiger partial charge in [0.25, 0.3) is 0 Å². The van der Waals surface area contributed by atoms with E-state index in [-0.39, 0.29) is 24.0 Å². The van der Waals surface area contributed by atoms with Crippen LogP contribution in [0.3, 0.4) is 0 Å². The van der Waals surface area contributed by atoms with Crippen molar-refractivity contribution < 1.29 is 4.74 Å². The summed E-state index contributed by atoms with van der Waals surface area (Å²) < 4.78 is 5.64. The van der Waals surface area contributed by atoms with Crippen LogP contribution >= 0.6 is 35.3 Å². The SMILES string of the molecule is CCNC(=NCc1ccsc1)NCCOc1ccccc1.I. The van der Waals surface area contributed by atoms with Crippen molar-refractivity contribution in [2.24, 2.45) is 4.99 Å². The number of nitrogens with zero attached hydrogens (tertiary/aromatic N) is 1. The second-order valence-electron chi connectivity index (χ2n) is 4.42. The number of thiophene rings is 1. The number of nitrogens with one attached hydrogen (secondary N) is 2. The van der Waals surface area contributed by atoms with E-state index in [9.17, 15) is 0 Å². The van der Waals surface area contributed by atoms with E-state index in [1.807, 2.05) is 30.3 Å². The summed E-state index contributed by atoms with van der Waals surface area (Å²) in [6.07, 6.45) is 0. The van der Waals surface area contributed by atoms with Gasteiger partial charge in [-0.05, 0) is 41.4 Å². The minimum absolute atomic E-state index is 0. The molecule has 0 aliphatic rings. The molecule has 0 aliphatic carbocycles. The first kappa shape index (κ1) is 18.8. The number of rotatable bonds is 7. The molecule has 1 aromatic carbocycles. The molecule has 2 N–H and O–H groups in total. The number of guanidine groups is 1. The molecule has 0 spiro atoms. The van der Waals surface area contributed by atoms with Crippen molar-refractivity contribution >= 4 is 41.3 Å². The quantitative estimate of drug-likeness (QED) is 0.305. The molecule has 0 saturated heterocycles. The summed E-state index contributed by atoms with van der Waals surface area (Å²) in [6.45, 7) is 4.91. The number of benzene rings is 1. The summed E-state index contributed by atoms with van der Waals surface area (Å²) in [7, 11) is 0. The first-order chi connectivity index (χ1) is 10.4. The third-order valence-corrected chi connectivity index (χ3v) is 3.48. The van der Waals surface area contributed by atoms with Crippen LogP contribution in [-0.4, -0.2) is 25.7 Å². The van der Waals surface area contributed by atoms with Gasteiger partial charge in [-0.3, -0.25) is 0 Å². The molecule has 2 aromatic rings. The summed E-state index contributed by atoms with van der Waals surface area (Å²) in [5.74, 6) is 1.71. The highest BCUT2D eigenvalue weighted by Gasteiger charge is 1.98. The largest absolute Gasteiger partial charge is 0.492 e. The summed E-state index contributed by atoms with van der Waals surface area (Å²) in [5.41, 5.74) is 1.23. The summed E-state index contributed by atoms with van der Waals surface area (Å²) in [5, 5.41) is 10.7. The molecule has 0 radical (unpaired) electrons. The number of hydrogen-bond donors (Lipinski definition) is 2. The van der Waals surface area contributed by atoms with Crippen LogP contribution in [0.15, 0.2) is 52.2 Å². The lowest BCUT2D eigenvalue weighted by Crippen LogP contribution is -2.39. The fraction of sp³-hybridized carbons (Fsp3) is 0.312. The number of aliphatic imine (C=N–C) groups is 1. The molecule has 0 unspecified atom stereocenters. The molecule has 0 atom stereocenters. The van der Waals surface area contributed by atoms with Crippen molar-refractivity contribution in [3.8, 4) is 5.75 Å². The molecule has 2 rings (SSSR count). The standard InChI is InChI=1S/C16H21N3OS.HI/c1-2-17-16(19-12-14-8-11-21-13-14)18-9-10-20-15-6-4-3-5-7-15;/h3-8,11,13H,2,9-10,12H2,1H3,(H2,17,18,19);1H. The molecule has 0 fully saturated rings. The fourth-order valence-corrected chi connectivity index (χ4v) is 2.41. The predicted octanol–water partition coefficient (Wildman–Crippen LogP) is 3.50. The van der Waals surface area contributed by atoms with E-state index in [2.05, 4.69) is 39.4 Å². The monoisotopic (exact) mass is 431 g/mol. The van der Waals surface area contributed by atoms with Crippen LogP contribution in [-0.2, 0) is 6.54 Å². The highest BCUT2D eigenvalue weighted by molar-refractivity contribution is 14.0. The third-order valence-electron chi connectivity index (χ3n) is 2.75. The molecule has 22 heavy (non-hydrogen) atoms. The van der Waals surface area contributed by atoms with E-state index in [0.29, 0.717) is 19.7 Å². The molecule has 1 aromatic heterocycles. The lowest BCUT2D eigenvalue weighted by atomic mass is 10.3. The zero-order valence-electron chi connectivity index (χ0n) is 12.6. The van der Waals surface area contributed by atoms with Gasteiger partial charge < -0.3 is 15.4 Å². The van der Waals surface area contributed by atoms with Crippen LogP contribution in [0.2, 0.25) is 0 Å². The second kappa shape index (κ2) is 11.3. The van der Waals surface area contributed by atoms with Crippen LogP contribution in [0.5, 0.6) is 5.75 Å². The van der Waals surface area contributed by atoms with Crippen LogP contribution in [0.1, 0.15) is 12.5 Å². The Balaban J connectivity index is 0.00000242. The number of hydrogen-bond acceptors (Lipinski definition) is 3. The minimum Gasteiger partial charge on any atom is -0.492 e. The van der Waals surface area contributed by atoms with Crippen molar-refractivity contribution in [3.63, 3.8) is 0 Å². The Bertz CT molecular complexity index is 532. The Morgan fingerprint density at radius 3 is 2.68 bits per heavy atom. The third kappa shape index (κ3) is 7.13. The first-order valence-electron chi connectivity index (χ1n) is 7.09. The van der Waals surface area contributed by atoms with E-state index in [4.69, 9.17) is 4.74 Å². The minimum atomic E-state index is 0. The Morgan fingerprint density at radius 1 is 1.18 bits per heavy atom. The van der Waals surface area contributed by atoms with E-state index >= 15 is 0 Å². The average molecular weight is 431 g/mol. The second-order valence-corrected chi connectivity index (χ2v) is 5.20. The molecule has 1 heterocycles. The Labute approximate surface area is 153 Å². The maximum absolute atomic E-state index is 5.64. The summed E-state index contributed by atoms with van der Waals surface area (Å²) in [6, 6.07) is 11.9. The molecule has 120 valence electrons. The topological polar surface area (TPSA) is 45.7 Å². The number of para-hydroxylation sites is 1. The summed E-state index contributed by atoms with van der Waals surface area (Å²) >= 11 is 1.69. The highest BCUT2D eigenvalue weighted by atomic mass is 127. The Morgan fingerprint density at radius 2 is 2.00 bits per heavy atom. The van der Waals surface area contributed by atoms with Crippen LogP contribution in [0.25, 0.3) is 0 Å². The Kier molecular flexibility index (Phi) is 9.65. The van der Waals surface area contributed by atoms with E-state index in [1.54, 1.807) is 11.3 Å². The van der Waals surface area contributed by atoms with Crippen molar-refractivity contribution in [1.82, 2.24) is 10.6 Å². The van der Waals surface area contributed by atoms with Crippen molar-refractivity contribution in [2.45, 2.75) is 13.5 Å². The van der Waals surface area contributed by atoms with Gasteiger partial charge >= 0.3 is 0 Å². The number of halogens is 1. The van der Waals surface area contributed by atoms with Gasteiger partial charge in [-0.15, -0.1) is 24.0 Å². The van der Waals surface area contributed by atoms with Crippen molar-refractivity contribution in [1.29, 1.82) is 0 Å². The smallest absolute Gasteiger partial charge is 0.191 e.